The highest BCUT2D eigenvalue weighted by atomic mass is 35.5. The van der Waals surface area contributed by atoms with Crippen molar-refractivity contribution >= 4 is 27.5 Å². The topological polar surface area (TPSA) is 88.2 Å². The molecular weight excluding hydrogens is 290 g/mol. The summed E-state index contributed by atoms with van der Waals surface area (Å²) in [5, 5.41) is 2.93. The predicted molar refractivity (Wildman–Crippen MR) is 73.6 cm³/mol. The number of hydrogen-bond donors (Lipinski definition) is 2. The van der Waals surface area contributed by atoms with Crippen LogP contribution in [0.3, 0.4) is 0 Å². The highest BCUT2D eigenvalue weighted by Gasteiger charge is 2.23. The van der Waals surface area contributed by atoms with Crippen LogP contribution in [0, 0.1) is 0 Å². The van der Waals surface area contributed by atoms with Crippen molar-refractivity contribution in [2.24, 2.45) is 0 Å². The average molecular weight is 306 g/mol. The van der Waals surface area contributed by atoms with Crippen LogP contribution in [-0.4, -0.2) is 37.6 Å². The molecule has 0 radical (unpaired) electrons. The molecule has 0 bridgehead atoms. The number of halogens is 1. The third-order valence-corrected chi connectivity index (χ3v) is 3.29. The second-order valence-corrected chi connectivity index (χ2v) is 6.95. The smallest absolute Gasteiger partial charge is 0.252 e. The minimum absolute atomic E-state index is 0.154. The lowest BCUT2D eigenvalue weighted by molar-refractivity contribution is 0.0944. The quantitative estimate of drug-likeness (QED) is 0.787. The molecule has 6 nitrogen and oxygen atoms in total. The molecule has 0 spiro atoms. The summed E-state index contributed by atoms with van der Waals surface area (Å²) in [6.45, 7) is 3.50. The van der Waals surface area contributed by atoms with Gasteiger partial charge in [0.05, 0.1) is 11.8 Å². The molecule has 0 aliphatic carbocycles. The maximum atomic E-state index is 11.8. The maximum absolute atomic E-state index is 11.8. The molecule has 0 atom stereocenters. The summed E-state index contributed by atoms with van der Waals surface area (Å²) >= 11 is 5.62. The molecule has 0 unspecified atom stereocenters. The van der Waals surface area contributed by atoms with E-state index in [1.54, 1.807) is 19.9 Å². The van der Waals surface area contributed by atoms with E-state index in [9.17, 15) is 13.2 Å². The molecule has 0 saturated heterocycles. The van der Waals surface area contributed by atoms with Gasteiger partial charge in [-0.2, -0.15) is 0 Å². The van der Waals surface area contributed by atoms with Crippen LogP contribution >= 0.6 is 11.6 Å². The Morgan fingerprint density at radius 1 is 1.42 bits per heavy atom. The number of nitrogens with one attached hydrogen (secondary N) is 2. The molecule has 8 heteroatoms. The number of carbonyl (C=O) groups is 1. The molecule has 0 aliphatic rings. The van der Waals surface area contributed by atoms with E-state index >= 15 is 0 Å². The number of aromatic nitrogens is 1. The van der Waals surface area contributed by atoms with Gasteiger partial charge in [0.2, 0.25) is 10.0 Å². The van der Waals surface area contributed by atoms with E-state index in [2.05, 4.69) is 15.0 Å². The lowest BCUT2D eigenvalue weighted by atomic mass is 10.1. The second-order valence-electron chi connectivity index (χ2n) is 4.81. The Labute approximate surface area is 117 Å². The van der Waals surface area contributed by atoms with Gasteiger partial charge in [0, 0.05) is 18.3 Å². The third-order valence-electron chi connectivity index (χ3n) is 2.14. The van der Waals surface area contributed by atoms with Crippen LogP contribution in [0.25, 0.3) is 0 Å². The number of amides is 1. The average Bonchev–Trinajstić information content (AvgIpc) is 2.24. The fourth-order valence-corrected chi connectivity index (χ4v) is 2.64. The van der Waals surface area contributed by atoms with Crippen molar-refractivity contribution in [1.82, 2.24) is 15.0 Å². The van der Waals surface area contributed by atoms with Crippen LogP contribution in [0.2, 0.25) is 5.15 Å². The van der Waals surface area contributed by atoms with Gasteiger partial charge in [0.25, 0.3) is 5.91 Å². The summed E-state index contributed by atoms with van der Waals surface area (Å²) < 4.78 is 24.7. The Hall–Kier alpha value is -1.18. The molecule has 1 aromatic heterocycles. The lowest BCUT2D eigenvalue weighted by Gasteiger charge is -2.25. The minimum atomic E-state index is -3.33. The Morgan fingerprint density at radius 3 is 2.53 bits per heavy atom. The molecule has 0 aliphatic heterocycles. The Morgan fingerprint density at radius 2 is 2.05 bits per heavy atom. The van der Waals surface area contributed by atoms with Crippen LogP contribution in [-0.2, 0) is 10.0 Å². The van der Waals surface area contributed by atoms with Crippen LogP contribution in [0.15, 0.2) is 18.3 Å². The Balaban J connectivity index is 2.61. The molecule has 1 heterocycles. The van der Waals surface area contributed by atoms with Crippen molar-refractivity contribution in [2.45, 2.75) is 19.4 Å². The van der Waals surface area contributed by atoms with E-state index < -0.39 is 15.6 Å². The number of nitrogens with zero attached hydrogens (tertiary/aromatic N) is 1. The highest BCUT2D eigenvalue weighted by Crippen LogP contribution is 2.06. The fourth-order valence-electron chi connectivity index (χ4n) is 1.45. The predicted octanol–water partition coefficient (Wildman–Crippen LogP) is 0.793. The van der Waals surface area contributed by atoms with E-state index in [1.807, 2.05) is 0 Å². The zero-order valence-corrected chi connectivity index (χ0v) is 12.5. The third kappa shape index (κ3) is 6.00. The summed E-state index contributed by atoms with van der Waals surface area (Å²) in [4.78, 5) is 15.6. The van der Waals surface area contributed by atoms with Gasteiger partial charge in [0.15, 0.2) is 0 Å². The monoisotopic (exact) mass is 305 g/mol. The van der Waals surface area contributed by atoms with Gasteiger partial charge in [0.1, 0.15) is 5.15 Å². The molecule has 19 heavy (non-hydrogen) atoms. The van der Waals surface area contributed by atoms with E-state index in [0.29, 0.717) is 10.7 Å². The minimum Gasteiger partial charge on any atom is -0.350 e. The molecule has 0 saturated carbocycles. The standard InChI is InChI=1S/C11H16ClN3O3S/c1-11(2,15-19(3,17)18)7-14-10(16)8-4-5-9(12)13-6-8/h4-6,15H,7H2,1-3H3,(H,14,16). The van der Waals surface area contributed by atoms with E-state index in [0.717, 1.165) is 6.26 Å². The molecule has 0 aromatic carbocycles. The van der Waals surface area contributed by atoms with Crippen molar-refractivity contribution in [3.05, 3.63) is 29.0 Å². The fraction of sp³-hybridized carbons (Fsp3) is 0.455. The summed E-state index contributed by atoms with van der Waals surface area (Å²) in [7, 11) is -3.33. The first kappa shape index (κ1) is 15.9. The maximum Gasteiger partial charge on any atom is 0.252 e. The first-order valence-electron chi connectivity index (χ1n) is 5.48. The van der Waals surface area contributed by atoms with Crippen molar-refractivity contribution < 1.29 is 13.2 Å². The lowest BCUT2D eigenvalue weighted by Crippen LogP contribution is -2.51. The van der Waals surface area contributed by atoms with Gasteiger partial charge in [-0.25, -0.2) is 18.1 Å². The summed E-state index contributed by atoms with van der Waals surface area (Å²) in [6.07, 6.45) is 2.42. The SMILES string of the molecule is CC(C)(CNC(=O)c1ccc(Cl)nc1)NS(C)(=O)=O. The van der Waals surface area contributed by atoms with E-state index in [-0.39, 0.29) is 12.5 Å². The molecule has 1 aromatic rings. The van der Waals surface area contributed by atoms with Gasteiger partial charge >= 0.3 is 0 Å². The number of rotatable bonds is 5. The number of pyridine rings is 1. The molecule has 106 valence electrons. The van der Waals surface area contributed by atoms with Gasteiger partial charge in [-0.3, -0.25) is 4.79 Å². The van der Waals surface area contributed by atoms with Crippen LogP contribution < -0.4 is 10.0 Å². The van der Waals surface area contributed by atoms with Gasteiger partial charge in [-0.05, 0) is 26.0 Å². The first-order chi connectivity index (χ1) is 8.59. The van der Waals surface area contributed by atoms with E-state index in [1.165, 1.54) is 12.3 Å². The molecular formula is C11H16ClN3O3S. The van der Waals surface area contributed by atoms with E-state index in [4.69, 9.17) is 11.6 Å². The summed E-state index contributed by atoms with van der Waals surface area (Å²) in [5.41, 5.74) is -0.414. The van der Waals surface area contributed by atoms with Gasteiger partial charge in [-0.15, -0.1) is 0 Å². The van der Waals surface area contributed by atoms with Crippen molar-refractivity contribution in [3.63, 3.8) is 0 Å². The van der Waals surface area contributed by atoms with Crippen molar-refractivity contribution in [2.75, 3.05) is 12.8 Å². The normalized spacial score (nSPS) is 12.2. The Bertz CT molecular complexity index is 555. The zero-order chi connectivity index (χ0) is 14.7. The molecule has 1 amide bonds. The first-order valence-corrected chi connectivity index (χ1v) is 7.75. The molecule has 1 rings (SSSR count). The molecule has 0 fully saturated rings. The van der Waals surface area contributed by atoms with Crippen molar-refractivity contribution in [1.29, 1.82) is 0 Å². The van der Waals surface area contributed by atoms with Crippen molar-refractivity contribution in [3.8, 4) is 0 Å². The van der Waals surface area contributed by atoms with Crippen LogP contribution in [0.1, 0.15) is 24.2 Å². The second kappa shape index (κ2) is 5.85. The highest BCUT2D eigenvalue weighted by molar-refractivity contribution is 7.88. The zero-order valence-electron chi connectivity index (χ0n) is 10.9. The number of hydrogen-bond acceptors (Lipinski definition) is 4. The number of carbonyl (C=O) groups excluding carboxylic acids is 1. The largest absolute Gasteiger partial charge is 0.350 e. The van der Waals surface area contributed by atoms with Gasteiger partial charge < -0.3 is 5.32 Å². The van der Waals surface area contributed by atoms with Gasteiger partial charge in [-0.1, -0.05) is 11.6 Å². The number of sulfonamides is 1. The van der Waals surface area contributed by atoms with Crippen LogP contribution in [0.4, 0.5) is 0 Å². The molecule has 2 N–H and O–H groups in total. The Kier molecular flexibility index (Phi) is 4.89. The summed E-state index contributed by atoms with van der Waals surface area (Å²) in [5.74, 6) is -0.340. The van der Waals surface area contributed by atoms with Crippen LogP contribution in [0.5, 0.6) is 0 Å². The summed E-state index contributed by atoms with van der Waals surface area (Å²) in [6, 6.07) is 3.05.